The van der Waals surface area contributed by atoms with Crippen molar-refractivity contribution in [1.82, 2.24) is 4.98 Å². The van der Waals surface area contributed by atoms with Crippen molar-refractivity contribution >= 4 is 54.8 Å². The zero-order chi connectivity index (χ0) is 11.4. The molecule has 2 aromatic heterocycles. The van der Waals surface area contributed by atoms with Gasteiger partial charge < -0.3 is 9.40 Å². The summed E-state index contributed by atoms with van der Waals surface area (Å²) in [6.45, 7) is 0. The highest BCUT2D eigenvalue weighted by molar-refractivity contribution is 7.71. The number of rotatable bonds is 0. The van der Waals surface area contributed by atoms with E-state index in [-0.39, 0.29) is 0 Å². The summed E-state index contributed by atoms with van der Waals surface area (Å²) in [7, 11) is 0. The first-order chi connectivity index (χ1) is 8.31. The fraction of sp³-hybridized carbons (Fsp3) is 0. The number of oxazole rings is 1. The van der Waals surface area contributed by atoms with E-state index in [0.29, 0.717) is 4.84 Å². The number of hydrogen-bond acceptors (Lipinski definition) is 3. The first-order valence-corrected chi connectivity index (χ1v) is 6.48. The first kappa shape index (κ1) is 9.39. The van der Waals surface area contributed by atoms with Crippen LogP contribution in [-0.4, -0.2) is 4.98 Å². The molecule has 1 N–H and O–H groups in total. The quantitative estimate of drug-likeness (QED) is 0.456. The Morgan fingerprint density at radius 2 is 1.94 bits per heavy atom. The Balaban J connectivity index is 2.30. The van der Waals surface area contributed by atoms with Gasteiger partial charge in [-0.3, -0.25) is 0 Å². The molecule has 2 nitrogen and oxygen atoms in total. The van der Waals surface area contributed by atoms with Crippen molar-refractivity contribution in [3.05, 3.63) is 41.2 Å². The third kappa shape index (κ3) is 1.28. The Morgan fingerprint density at radius 1 is 1.06 bits per heavy atom. The Kier molecular flexibility index (Phi) is 1.76. The number of H-pyrrole nitrogens is 1. The van der Waals surface area contributed by atoms with Gasteiger partial charge in [0, 0.05) is 26.2 Å². The van der Waals surface area contributed by atoms with Gasteiger partial charge in [0.2, 0.25) is 0 Å². The number of thiophene rings is 1. The monoisotopic (exact) mass is 257 g/mol. The summed E-state index contributed by atoms with van der Waals surface area (Å²) in [6.07, 6.45) is 0. The lowest BCUT2D eigenvalue weighted by Gasteiger charge is -1.91. The molecule has 17 heavy (non-hydrogen) atoms. The number of aromatic amines is 1. The highest BCUT2D eigenvalue weighted by atomic mass is 32.1. The van der Waals surface area contributed by atoms with Gasteiger partial charge in [-0.25, -0.2) is 0 Å². The lowest BCUT2D eigenvalue weighted by atomic mass is 10.1. The van der Waals surface area contributed by atoms with E-state index in [4.69, 9.17) is 16.6 Å². The van der Waals surface area contributed by atoms with Crippen LogP contribution in [0, 0.1) is 4.84 Å². The molecular formula is C13H7NOS2. The molecule has 0 saturated heterocycles. The van der Waals surface area contributed by atoms with E-state index in [2.05, 4.69) is 41.4 Å². The number of hydrogen-bond donors (Lipinski definition) is 1. The second kappa shape index (κ2) is 3.18. The van der Waals surface area contributed by atoms with Crippen LogP contribution in [0.1, 0.15) is 0 Å². The van der Waals surface area contributed by atoms with Crippen LogP contribution in [0.2, 0.25) is 0 Å². The number of nitrogens with one attached hydrogen (secondary N) is 1. The molecule has 4 heteroatoms. The van der Waals surface area contributed by atoms with Crippen molar-refractivity contribution in [2.45, 2.75) is 0 Å². The molecule has 2 heterocycles. The summed E-state index contributed by atoms with van der Waals surface area (Å²) in [5, 5.41) is 2.54. The van der Waals surface area contributed by atoms with Crippen molar-refractivity contribution in [2.75, 3.05) is 0 Å². The van der Waals surface area contributed by atoms with Crippen molar-refractivity contribution in [3.8, 4) is 0 Å². The highest BCUT2D eigenvalue weighted by Crippen LogP contribution is 2.35. The van der Waals surface area contributed by atoms with Crippen molar-refractivity contribution < 1.29 is 4.42 Å². The number of fused-ring (bicyclic) bond motifs is 4. The molecule has 0 fully saturated rings. The van der Waals surface area contributed by atoms with Gasteiger partial charge in [0.05, 0.1) is 5.52 Å². The van der Waals surface area contributed by atoms with Crippen LogP contribution < -0.4 is 0 Å². The van der Waals surface area contributed by atoms with Gasteiger partial charge in [-0.1, -0.05) is 18.2 Å². The molecule has 2 aromatic carbocycles. The van der Waals surface area contributed by atoms with Crippen LogP contribution in [0.4, 0.5) is 0 Å². The topological polar surface area (TPSA) is 28.9 Å². The molecule has 0 amide bonds. The Bertz CT molecular complexity index is 913. The van der Waals surface area contributed by atoms with Crippen LogP contribution >= 0.6 is 23.6 Å². The molecule has 82 valence electrons. The van der Waals surface area contributed by atoms with Gasteiger partial charge in [0.25, 0.3) is 4.84 Å². The van der Waals surface area contributed by atoms with Crippen LogP contribution in [0.3, 0.4) is 0 Å². The maximum Gasteiger partial charge on any atom is 0.266 e. The van der Waals surface area contributed by atoms with E-state index < -0.39 is 0 Å². The second-order valence-corrected chi connectivity index (χ2v) is 5.41. The average Bonchev–Trinajstić information content (AvgIpc) is 2.84. The van der Waals surface area contributed by atoms with E-state index in [1.165, 1.54) is 20.2 Å². The Morgan fingerprint density at radius 3 is 2.88 bits per heavy atom. The molecule has 0 spiro atoms. The minimum Gasteiger partial charge on any atom is -0.429 e. The largest absolute Gasteiger partial charge is 0.429 e. The summed E-state index contributed by atoms with van der Waals surface area (Å²) < 4.78 is 7.97. The lowest BCUT2D eigenvalue weighted by molar-refractivity contribution is 0.584. The fourth-order valence-electron chi connectivity index (χ4n) is 2.17. The van der Waals surface area contributed by atoms with E-state index in [0.717, 1.165) is 11.1 Å². The van der Waals surface area contributed by atoms with Crippen LogP contribution in [0.25, 0.3) is 31.3 Å². The van der Waals surface area contributed by atoms with Crippen LogP contribution in [0.15, 0.2) is 40.8 Å². The van der Waals surface area contributed by atoms with Crippen molar-refractivity contribution in [2.24, 2.45) is 0 Å². The summed E-state index contributed by atoms with van der Waals surface area (Å²) in [6, 6.07) is 12.6. The zero-order valence-electron chi connectivity index (χ0n) is 8.69. The summed E-state index contributed by atoms with van der Waals surface area (Å²) in [4.78, 5) is 3.49. The van der Waals surface area contributed by atoms with E-state index in [1.807, 2.05) is 0 Å². The molecule has 0 saturated carbocycles. The minimum atomic E-state index is 0.432. The number of aromatic nitrogens is 1. The predicted octanol–water partition coefficient (Wildman–Crippen LogP) is 4.86. The zero-order valence-corrected chi connectivity index (χ0v) is 10.3. The van der Waals surface area contributed by atoms with Crippen LogP contribution in [-0.2, 0) is 0 Å². The van der Waals surface area contributed by atoms with Gasteiger partial charge in [0.1, 0.15) is 0 Å². The Labute approximate surface area is 105 Å². The van der Waals surface area contributed by atoms with Gasteiger partial charge in [-0.15, -0.1) is 11.3 Å². The van der Waals surface area contributed by atoms with E-state index in [1.54, 1.807) is 11.3 Å². The van der Waals surface area contributed by atoms with Crippen LogP contribution in [0.5, 0.6) is 0 Å². The van der Waals surface area contributed by atoms with Gasteiger partial charge >= 0.3 is 0 Å². The first-order valence-electron chi connectivity index (χ1n) is 5.25. The van der Waals surface area contributed by atoms with Gasteiger partial charge in [-0.2, -0.15) is 0 Å². The van der Waals surface area contributed by atoms with Gasteiger partial charge in [-0.05, 0) is 24.4 Å². The maximum atomic E-state index is 5.44. The van der Waals surface area contributed by atoms with E-state index in [9.17, 15) is 0 Å². The second-order valence-electron chi connectivity index (χ2n) is 3.96. The summed E-state index contributed by atoms with van der Waals surface area (Å²) >= 11 is 6.78. The number of benzene rings is 2. The standard InChI is InChI=1S/C13H7NOS2/c16-13-14-9-5-8-7-3-1-2-4-11(7)17-12(8)6-10(9)15-13/h1-6H,(H,14,16). The smallest absolute Gasteiger partial charge is 0.266 e. The molecule has 4 rings (SSSR count). The predicted molar refractivity (Wildman–Crippen MR) is 74.3 cm³/mol. The van der Waals surface area contributed by atoms with Gasteiger partial charge in [0.15, 0.2) is 5.58 Å². The molecule has 0 aliphatic heterocycles. The molecule has 0 unspecified atom stereocenters. The SMILES string of the molecule is S=c1[nH]c2cc3c(cc2o1)sc1ccccc13. The minimum absolute atomic E-state index is 0.432. The summed E-state index contributed by atoms with van der Waals surface area (Å²) in [5.74, 6) is 0. The maximum absolute atomic E-state index is 5.44. The molecule has 0 aliphatic carbocycles. The fourth-order valence-corrected chi connectivity index (χ4v) is 3.49. The van der Waals surface area contributed by atoms with Crippen molar-refractivity contribution in [3.63, 3.8) is 0 Å². The third-order valence-corrected chi connectivity index (χ3v) is 4.24. The molecule has 0 atom stereocenters. The summed E-state index contributed by atoms with van der Waals surface area (Å²) in [5.41, 5.74) is 1.79. The lowest BCUT2D eigenvalue weighted by Crippen LogP contribution is -1.68. The molecular weight excluding hydrogens is 250 g/mol. The normalized spacial score (nSPS) is 11.8. The Hall–Kier alpha value is -1.65. The highest BCUT2D eigenvalue weighted by Gasteiger charge is 2.07. The van der Waals surface area contributed by atoms with Crippen molar-refractivity contribution in [1.29, 1.82) is 0 Å². The van der Waals surface area contributed by atoms with E-state index >= 15 is 0 Å². The molecule has 4 aromatic rings. The molecule has 0 radical (unpaired) electrons. The molecule has 0 aliphatic rings. The molecule has 0 bridgehead atoms. The third-order valence-electron chi connectivity index (χ3n) is 2.92. The average molecular weight is 257 g/mol.